The zero-order valence-corrected chi connectivity index (χ0v) is 10.1. The van der Waals surface area contributed by atoms with Crippen LogP contribution in [0.1, 0.15) is 23.8 Å². The number of nitrogens with one attached hydrogen (secondary N) is 2. The molecule has 0 bridgehead atoms. The third-order valence-corrected chi connectivity index (χ3v) is 2.87. The van der Waals surface area contributed by atoms with Gasteiger partial charge in [0.05, 0.1) is 0 Å². The summed E-state index contributed by atoms with van der Waals surface area (Å²) in [5.41, 5.74) is 5.72. The van der Waals surface area contributed by atoms with Crippen molar-refractivity contribution in [3.8, 4) is 0 Å². The first-order chi connectivity index (χ1) is 7.49. The van der Waals surface area contributed by atoms with Crippen molar-refractivity contribution in [2.24, 2.45) is 0 Å². The number of nitrogens with two attached hydrogens (primary N) is 1. The molecular formula is C9H16N4O2S. The zero-order chi connectivity index (χ0) is 12.1. The zero-order valence-electron chi connectivity index (χ0n) is 9.32. The number of hydrogen-bond donors (Lipinski definition) is 3. The SMILES string of the molecule is CC(CCS(C)=O)NC(=O)c1cc(N)n[nH]1. The number of nitrogen functional groups attached to an aromatic ring is 1. The maximum absolute atomic E-state index is 11.6. The van der Waals surface area contributed by atoms with Crippen LogP contribution in [0.4, 0.5) is 5.82 Å². The molecule has 0 aliphatic heterocycles. The van der Waals surface area contributed by atoms with Gasteiger partial charge >= 0.3 is 0 Å². The van der Waals surface area contributed by atoms with E-state index in [0.29, 0.717) is 17.9 Å². The first-order valence-electron chi connectivity index (χ1n) is 4.91. The summed E-state index contributed by atoms with van der Waals surface area (Å²) in [6.07, 6.45) is 2.32. The second-order valence-electron chi connectivity index (χ2n) is 3.65. The average molecular weight is 244 g/mol. The Balaban J connectivity index is 2.42. The van der Waals surface area contributed by atoms with E-state index in [0.717, 1.165) is 0 Å². The van der Waals surface area contributed by atoms with Gasteiger partial charge < -0.3 is 11.1 Å². The molecule has 0 radical (unpaired) electrons. The number of amides is 1. The smallest absolute Gasteiger partial charge is 0.269 e. The van der Waals surface area contributed by atoms with Gasteiger partial charge in [-0.25, -0.2) is 0 Å². The van der Waals surface area contributed by atoms with Gasteiger partial charge in [-0.3, -0.25) is 14.1 Å². The van der Waals surface area contributed by atoms with E-state index in [1.54, 1.807) is 6.26 Å². The van der Waals surface area contributed by atoms with Gasteiger partial charge in [-0.15, -0.1) is 0 Å². The summed E-state index contributed by atoms with van der Waals surface area (Å²) >= 11 is 0. The third-order valence-electron chi connectivity index (χ3n) is 2.06. The maximum atomic E-state index is 11.6. The van der Waals surface area contributed by atoms with Gasteiger partial charge in [0.2, 0.25) is 0 Å². The highest BCUT2D eigenvalue weighted by Gasteiger charge is 2.12. The summed E-state index contributed by atoms with van der Waals surface area (Å²) in [6, 6.07) is 1.45. The number of anilines is 1. The van der Waals surface area contributed by atoms with Crippen molar-refractivity contribution in [3.63, 3.8) is 0 Å². The van der Waals surface area contributed by atoms with E-state index in [1.807, 2.05) is 6.92 Å². The van der Waals surface area contributed by atoms with Crippen LogP contribution in [-0.4, -0.2) is 38.4 Å². The summed E-state index contributed by atoms with van der Waals surface area (Å²) in [4.78, 5) is 11.6. The summed E-state index contributed by atoms with van der Waals surface area (Å²) in [5.74, 6) is 0.609. The summed E-state index contributed by atoms with van der Waals surface area (Å²) in [7, 11) is -0.833. The van der Waals surface area contributed by atoms with Crippen LogP contribution in [0.3, 0.4) is 0 Å². The van der Waals surface area contributed by atoms with Gasteiger partial charge in [0.15, 0.2) is 0 Å². The Morgan fingerprint density at radius 2 is 2.44 bits per heavy atom. The summed E-state index contributed by atoms with van der Waals surface area (Å²) in [6.45, 7) is 1.87. The molecule has 0 spiro atoms. The molecule has 6 nitrogen and oxygen atoms in total. The Kier molecular flexibility index (Phi) is 4.48. The van der Waals surface area contributed by atoms with Crippen LogP contribution in [0, 0.1) is 0 Å². The van der Waals surface area contributed by atoms with Crippen molar-refractivity contribution >= 4 is 22.5 Å². The van der Waals surface area contributed by atoms with Crippen LogP contribution >= 0.6 is 0 Å². The Morgan fingerprint density at radius 1 is 1.75 bits per heavy atom. The molecule has 1 heterocycles. The van der Waals surface area contributed by atoms with Crippen LogP contribution in [0.2, 0.25) is 0 Å². The second kappa shape index (κ2) is 5.64. The lowest BCUT2D eigenvalue weighted by Crippen LogP contribution is -2.33. The minimum Gasteiger partial charge on any atom is -0.382 e. The van der Waals surface area contributed by atoms with Crippen molar-refractivity contribution in [1.29, 1.82) is 0 Å². The van der Waals surface area contributed by atoms with Crippen LogP contribution in [0.25, 0.3) is 0 Å². The number of aromatic amines is 1. The number of aromatic nitrogens is 2. The van der Waals surface area contributed by atoms with Gasteiger partial charge in [-0.2, -0.15) is 5.10 Å². The van der Waals surface area contributed by atoms with Gasteiger partial charge in [0, 0.05) is 34.9 Å². The largest absolute Gasteiger partial charge is 0.382 e. The molecule has 0 saturated carbocycles. The fourth-order valence-corrected chi connectivity index (χ4v) is 1.86. The van der Waals surface area contributed by atoms with Crippen molar-refractivity contribution in [3.05, 3.63) is 11.8 Å². The second-order valence-corrected chi connectivity index (χ2v) is 5.20. The minimum absolute atomic E-state index is 0.0269. The molecule has 0 aliphatic carbocycles. The highest BCUT2D eigenvalue weighted by molar-refractivity contribution is 7.84. The molecule has 90 valence electrons. The van der Waals surface area contributed by atoms with E-state index >= 15 is 0 Å². The highest BCUT2D eigenvalue weighted by atomic mass is 32.2. The molecule has 2 unspecified atom stereocenters. The van der Waals surface area contributed by atoms with E-state index in [9.17, 15) is 9.00 Å². The van der Waals surface area contributed by atoms with E-state index in [1.165, 1.54) is 6.07 Å². The Labute approximate surface area is 96.4 Å². The quantitative estimate of drug-likeness (QED) is 0.672. The molecule has 16 heavy (non-hydrogen) atoms. The number of rotatable bonds is 5. The molecular weight excluding hydrogens is 228 g/mol. The minimum atomic E-state index is -0.833. The standard InChI is InChI=1S/C9H16N4O2S/c1-6(3-4-16(2)15)11-9(14)7-5-8(10)13-12-7/h5-6H,3-4H2,1-2H3,(H,11,14)(H3,10,12,13). The van der Waals surface area contributed by atoms with Crippen LogP contribution in [0.15, 0.2) is 6.07 Å². The fourth-order valence-electron chi connectivity index (χ4n) is 1.17. The number of hydrogen-bond acceptors (Lipinski definition) is 4. The molecule has 7 heteroatoms. The van der Waals surface area contributed by atoms with Crippen molar-refractivity contribution < 1.29 is 9.00 Å². The molecule has 4 N–H and O–H groups in total. The molecule has 1 aromatic rings. The van der Waals surface area contributed by atoms with Crippen LogP contribution < -0.4 is 11.1 Å². The normalized spacial score (nSPS) is 14.4. The summed E-state index contributed by atoms with van der Waals surface area (Å²) in [5, 5.41) is 8.96. The molecule has 0 aliphatic rings. The first-order valence-corrected chi connectivity index (χ1v) is 6.63. The van der Waals surface area contributed by atoms with E-state index in [-0.39, 0.29) is 17.8 Å². The molecule has 1 amide bonds. The van der Waals surface area contributed by atoms with Crippen LogP contribution in [0.5, 0.6) is 0 Å². The monoisotopic (exact) mass is 244 g/mol. The lowest BCUT2D eigenvalue weighted by atomic mass is 10.2. The lowest BCUT2D eigenvalue weighted by molar-refractivity contribution is 0.0934. The topological polar surface area (TPSA) is 101 Å². The van der Waals surface area contributed by atoms with Gasteiger partial charge in [0.25, 0.3) is 5.91 Å². The molecule has 2 atom stereocenters. The maximum Gasteiger partial charge on any atom is 0.269 e. The number of carbonyl (C=O) groups excluding carboxylic acids is 1. The average Bonchev–Trinajstić information content (AvgIpc) is 2.62. The number of H-pyrrole nitrogens is 1. The Hall–Kier alpha value is -1.37. The predicted molar refractivity (Wildman–Crippen MR) is 63.5 cm³/mol. The van der Waals surface area contributed by atoms with Crippen molar-refractivity contribution in [2.75, 3.05) is 17.7 Å². The lowest BCUT2D eigenvalue weighted by Gasteiger charge is -2.11. The summed E-state index contributed by atoms with van der Waals surface area (Å²) < 4.78 is 10.9. The molecule has 0 fully saturated rings. The first kappa shape index (κ1) is 12.7. The highest BCUT2D eigenvalue weighted by Crippen LogP contribution is 2.01. The van der Waals surface area contributed by atoms with Gasteiger partial charge in [0.1, 0.15) is 11.5 Å². The van der Waals surface area contributed by atoms with Crippen molar-refractivity contribution in [2.45, 2.75) is 19.4 Å². The number of carbonyl (C=O) groups is 1. The van der Waals surface area contributed by atoms with E-state index in [2.05, 4.69) is 15.5 Å². The van der Waals surface area contributed by atoms with E-state index in [4.69, 9.17) is 5.73 Å². The Morgan fingerprint density at radius 3 is 2.94 bits per heavy atom. The molecule has 0 aromatic carbocycles. The molecule has 1 rings (SSSR count). The van der Waals surface area contributed by atoms with Crippen molar-refractivity contribution in [1.82, 2.24) is 15.5 Å². The van der Waals surface area contributed by atoms with Gasteiger partial charge in [-0.05, 0) is 13.3 Å². The predicted octanol–water partition coefficient (Wildman–Crippen LogP) is -0.121. The molecule has 1 aromatic heterocycles. The fraction of sp³-hybridized carbons (Fsp3) is 0.556. The number of nitrogens with zero attached hydrogens (tertiary/aromatic N) is 1. The third kappa shape index (κ3) is 4.01. The van der Waals surface area contributed by atoms with Gasteiger partial charge in [-0.1, -0.05) is 0 Å². The van der Waals surface area contributed by atoms with Crippen LogP contribution in [-0.2, 0) is 10.8 Å². The molecule has 0 saturated heterocycles. The Bertz CT molecular complexity index is 391. The van der Waals surface area contributed by atoms with E-state index < -0.39 is 10.8 Å².